The molecule has 3 rings (SSSR count). The summed E-state index contributed by atoms with van der Waals surface area (Å²) >= 11 is 3.06. The summed E-state index contributed by atoms with van der Waals surface area (Å²) in [6.45, 7) is 2.34. The maximum absolute atomic E-state index is 12.3. The minimum atomic E-state index is -0.0864. The number of thiophene rings is 1. The molecule has 3 heterocycles. The van der Waals surface area contributed by atoms with Crippen molar-refractivity contribution in [2.24, 2.45) is 0 Å². The highest BCUT2D eigenvalue weighted by atomic mass is 32.1. The number of aromatic nitrogens is 2. The Bertz CT molecular complexity index is 736. The molecule has 0 saturated heterocycles. The Balaban J connectivity index is 1.73. The van der Waals surface area contributed by atoms with Gasteiger partial charge >= 0.3 is 0 Å². The molecule has 1 N–H and O–H groups in total. The molecule has 0 aliphatic heterocycles. The van der Waals surface area contributed by atoms with Crippen LogP contribution in [-0.2, 0) is 6.54 Å². The number of carbonyl (C=O) groups is 1. The highest BCUT2D eigenvalue weighted by Gasteiger charge is 2.16. The van der Waals surface area contributed by atoms with Gasteiger partial charge in [-0.3, -0.25) is 9.78 Å². The van der Waals surface area contributed by atoms with Crippen LogP contribution in [0.2, 0.25) is 0 Å². The van der Waals surface area contributed by atoms with Crippen LogP contribution in [0.1, 0.15) is 20.9 Å². The molecule has 4 nitrogen and oxygen atoms in total. The Labute approximate surface area is 130 Å². The number of hydrogen-bond donors (Lipinski definition) is 1. The zero-order chi connectivity index (χ0) is 14.7. The molecule has 0 aliphatic carbocycles. The maximum atomic E-state index is 12.3. The molecule has 106 valence electrons. The van der Waals surface area contributed by atoms with Gasteiger partial charge in [-0.2, -0.15) is 0 Å². The van der Waals surface area contributed by atoms with E-state index in [1.54, 1.807) is 23.7 Å². The highest BCUT2D eigenvalue weighted by molar-refractivity contribution is 7.22. The van der Waals surface area contributed by atoms with Gasteiger partial charge in [-0.1, -0.05) is 12.1 Å². The fraction of sp³-hybridized carbons (Fsp3) is 0.133. The van der Waals surface area contributed by atoms with Crippen molar-refractivity contribution >= 4 is 28.6 Å². The standard InChI is InChI=1S/C15H13N3OS2/c1-10-13(21-15(18-10)12-5-3-7-20-12)14(19)17-9-11-4-2-6-16-8-11/h2-8H,9H2,1H3,(H,17,19). The molecule has 3 aromatic heterocycles. The minimum Gasteiger partial charge on any atom is -0.347 e. The zero-order valence-corrected chi connectivity index (χ0v) is 13.0. The van der Waals surface area contributed by atoms with Crippen LogP contribution < -0.4 is 5.32 Å². The molecule has 0 aromatic carbocycles. The number of pyridine rings is 1. The Kier molecular flexibility index (Phi) is 4.08. The average molecular weight is 315 g/mol. The first kappa shape index (κ1) is 13.9. The third kappa shape index (κ3) is 3.17. The lowest BCUT2D eigenvalue weighted by atomic mass is 10.3. The first-order chi connectivity index (χ1) is 10.2. The Hall–Kier alpha value is -2.05. The summed E-state index contributed by atoms with van der Waals surface area (Å²) in [7, 11) is 0. The van der Waals surface area contributed by atoms with Gasteiger partial charge in [-0.15, -0.1) is 22.7 Å². The van der Waals surface area contributed by atoms with Crippen LogP contribution in [0, 0.1) is 6.92 Å². The van der Waals surface area contributed by atoms with Gasteiger partial charge in [0, 0.05) is 18.9 Å². The number of carbonyl (C=O) groups excluding carboxylic acids is 1. The van der Waals surface area contributed by atoms with E-state index in [4.69, 9.17) is 0 Å². The lowest BCUT2D eigenvalue weighted by Crippen LogP contribution is -2.22. The second-order valence-corrected chi connectivity index (χ2v) is 6.40. The van der Waals surface area contributed by atoms with Crippen LogP contribution >= 0.6 is 22.7 Å². The Morgan fingerprint density at radius 1 is 1.33 bits per heavy atom. The molecule has 0 atom stereocenters. The summed E-state index contributed by atoms with van der Waals surface area (Å²) < 4.78 is 0. The summed E-state index contributed by atoms with van der Waals surface area (Å²) in [4.78, 5) is 22.5. The van der Waals surface area contributed by atoms with Crippen LogP contribution in [0.15, 0.2) is 42.0 Å². The number of thiazole rings is 1. The second kappa shape index (κ2) is 6.15. The van der Waals surface area contributed by atoms with E-state index in [1.165, 1.54) is 11.3 Å². The fourth-order valence-corrected chi connectivity index (χ4v) is 3.66. The van der Waals surface area contributed by atoms with Crippen molar-refractivity contribution in [1.82, 2.24) is 15.3 Å². The molecule has 0 bridgehead atoms. The number of aryl methyl sites for hydroxylation is 1. The van der Waals surface area contributed by atoms with E-state index in [9.17, 15) is 4.79 Å². The summed E-state index contributed by atoms with van der Waals surface area (Å²) in [5, 5.41) is 5.81. The maximum Gasteiger partial charge on any atom is 0.263 e. The summed E-state index contributed by atoms with van der Waals surface area (Å²) in [5.41, 5.74) is 1.75. The second-order valence-electron chi connectivity index (χ2n) is 4.45. The topological polar surface area (TPSA) is 54.9 Å². The van der Waals surface area contributed by atoms with E-state index in [0.29, 0.717) is 11.4 Å². The van der Waals surface area contributed by atoms with E-state index in [1.807, 2.05) is 36.6 Å². The predicted molar refractivity (Wildman–Crippen MR) is 85.6 cm³/mol. The van der Waals surface area contributed by atoms with Gasteiger partial charge in [-0.05, 0) is 30.0 Å². The Morgan fingerprint density at radius 3 is 2.95 bits per heavy atom. The van der Waals surface area contributed by atoms with Gasteiger partial charge in [0.1, 0.15) is 9.88 Å². The van der Waals surface area contributed by atoms with Crippen LogP contribution in [0.25, 0.3) is 9.88 Å². The first-order valence-corrected chi connectivity index (χ1v) is 8.12. The van der Waals surface area contributed by atoms with E-state index in [-0.39, 0.29) is 5.91 Å². The van der Waals surface area contributed by atoms with Gasteiger partial charge in [0.25, 0.3) is 5.91 Å². The van der Waals surface area contributed by atoms with Crippen molar-refractivity contribution in [3.8, 4) is 9.88 Å². The lowest BCUT2D eigenvalue weighted by Gasteiger charge is -2.03. The number of hydrogen-bond acceptors (Lipinski definition) is 5. The van der Waals surface area contributed by atoms with Crippen molar-refractivity contribution in [2.45, 2.75) is 13.5 Å². The van der Waals surface area contributed by atoms with Gasteiger partial charge < -0.3 is 5.32 Å². The van der Waals surface area contributed by atoms with Crippen LogP contribution in [0.4, 0.5) is 0 Å². The summed E-state index contributed by atoms with van der Waals surface area (Å²) in [6, 6.07) is 7.79. The molecule has 0 saturated carbocycles. The van der Waals surface area contributed by atoms with Crippen molar-refractivity contribution < 1.29 is 4.79 Å². The smallest absolute Gasteiger partial charge is 0.263 e. The van der Waals surface area contributed by atoms with E-state index in [2.05, 4.69) is 15.3 Å². The lowest BCUT2D eigenvalue weighted by molar-refractivity contribution is 0.0954. The molecule has 0 aliphatic rings. The molecular weight excluding hydrogens is 302 g/mol. The van der Waals surface area contributed by atoms with Crippen molar-refractivity contribution in [1.29, 1.82) is 0 Å². The molecule has 6 heteroatoms. The average Bonchev–Trinajstić information content (AvgIpc) is 3.15. The summed E-state index contributed by atoms with van der Waals surface area (Å²) in [6.07, 6.45) is 3.46. The fourth-order valence-electron chi connectivity index (χ4n) is 1.88. The number of rotatable bonds is 4. The quantitative estimate of drug-likeness (QED) is 0.801. The van der Waals surface area contributed by atoms with Crippen molar-refractivity contribution in [2.75, 3.05) is 0 Å². The van der Waals surface area contributed by atoms with Crippen LogP contribution in [-0.4, -0.2) is 15.9 Å². The van der Waals surface area contributed by atoms with Crippen LogP contribution in [0.3, 0.4) is 0 Å². The number of nitrogens with zero attached hydrogens (tertiary/aromatic N) is 2. The molecule has 0 radical (unpaired) electrons. The van der Waals surface area contributed by atoms with E-state index < -0.39 is 0 Å². The third-order valence-corrected chi connectivity index (χ3v) is 5.11. The van der Waals surface area contributed by atoms with Gasteiger partial charge in [0.2, 0.25) is 0 Å². The van der Waals surface area contributed by atoms with E-state index >= 15 is 0 Å². The molecule has 0 unspecified atom stereocenters. The van der Waals surface area contributed by atoms with Gasteiger partial charge in [-0.25, -0.2) is 4.98 Å². The van der Waals surface area contributed by atoms with Crippen LogP contribution in [0.5, 0.6) is 0 Å². The Morgan fingerprint density at radius 2 is 2.24 bits per heavy atom. The largest absolute Gasteiger partial charge is 0.347 e. The number of amides is 1. The molecule has 0 fully saturated rings. The third-order valence-electron chi connectivity index (χ3n) is 2.91. The molecular formula is C15H13N3OS2. The zero-order valence-electron chi connectivity index (χ0n) is 11.4. The number of nitrogens with one attached hydrogen (secondary N) is 1. The molecule has 21 heavy (non-hydrogen) atoms. The first-order valence-electron chi connectivity index (χ1n) is 6.42. The summed E-state index contributed by atoms with van der Waals surface area (Å²) in [5.74, 6) is -0.0864. The highest BCUT2D eigenvalue weighted by Crippen LogP contribution is 2.30. The van der Waals surface area contributed by atoms with Gasteiger partial charge in [0.15, 0.2) is 0 Å². The van der Waals surface area contributed by atoms with Crippen molar-refractivity contribution in [3.63, 3.8) is 0 Å². The SMILES string of the molecule is Cc1nc(-c2cccs2)sc1C(=O)NCc1cccnc1. The minimum absolute atomic E-state index is 0.0864. The molecule has 1 amide bonds. The molecule has 3 aromatic rings. The predicted octanol–water partition coefficient (Wildman–Crippen LogP) is 3.51. The monoisotopic (exact) mass is 315 g/mol. The molecule has 0 spiro atoms. The van der Waals surface area contributed by atoms with Crippen molar-refractivity contribution in [3.05, 3.63) is 58.2 Å². The normalized spacial score (nSPS) is 10.5. The van der Waals surface area contributed by atoms with E-state index in [0.717, 1.165) is 21.1 Å². The van der Waals surface area contributed by atoms with Gasteiger partial charge in [0.05, 0.1) is 10.6 Å².